The number of rotatable bonds is 2. The molecule has 1 heterocycles. The van der Waals surface area contributed by atoms with Gasteiger partial charge in [0.1, 0.15) is 0 Å². The number of fused-ring (bicyclic) bond motifs is 1. The van der Waals surface area contributed by atoms with Crippen molar-refractivity contribution < 1.29 is 9.63 Å². The van der Waals surface area contributed by atoms with Crippen molar-refractivity contribution in [3.63, 3.8) is 0 Å². The smallest absolute Gasteiger partial charge is 0.274 e. The summed E-state index contributed by atoms with van der Waals surface area (Å²) in [5, 5.41) is 4.08. The summed E-state index contributed by atoms with van der Waals surface area (Å²) in [6.45, 7) is 0. The Kier molecular flexibility index (Phi) is 2.70. The average molecular weight is 221 g/mol. The van der Waals surface area contributed by atoms with Crippen LogP contribution in [-0.2, 0) is 4.84 Å². The molecule has 4 heteroatoms. The van der Waals surface area contributed by atoms with Crippen molar-refractivity contribution in [2.75, 3.05) is 14.2 Å². The van der Waals surface area contributed by atoms with Crippen LogP contribution in [0, 0.1) is 0 Å². The van der Waals surface area contributed by atoms with E-state index in [0.717, 1.165) is 10.1 Å². The highest BCUT2D eigenvalue weighted by Gasteiger charge is 2.15. The highest BCUT2D eigenvalue weighted by Crippen LogP contribution is 2.26. The minimum absolute atomic E-state index is 0.116. The lowest BCUT2D eigenvalue weighted by molar-refractivity contribution is -0.0755. The first-order valence-electron chi connectivity index (χ1n) is 4.52. The highest BCUT2D eigenvalue weighted by atomic mass is 32.1. The normalized spacial score (nSPS) is 10.5. The molecule has 15 heavy (non-hydrogen) atoms. The van der Waals surface area contributed by atoms with E-state index in [-0.39, 0.29) is 5.91 Å². The van der Waals surface area contributed by atoms with Gasteiger partial charge in [-0.3, -0.25) is 9.63 Å². The zero-order chi connectivity index (χ0) is 10.8. The Hall–Kier alpha value is -1.39. The first-order chi connectivity index (χ1) is 7.24. The summed E-state index contributed by atoms with van der Waals surface area (Å²) in [6, 6.07) is 7.85. The molecule has 0 aliphatic heterocycles. The molecule has 0 saturated heterocycles. The topological polar surface area (TPSA) is 29.5 Å². The van der Waals surface area contributed by atoms with Crippen LogP contribution < -0.4 is 0 Å². The van der Waals surface area contributed by atoms with Gasteiger partial charge in [0, 0.05) is 22.5 Å². The van der Waals surface area contributed by atoms with Crippen LogP contribution in [0.2, 0.25) is 0 Å². The summed E-state index contributed by atoms with van der Waals surface area (Å²) in [7, 11) is 3.08. The van der Waals surface area contributed by atoms with Crippen molar-refractivity contribution >= 4 is 27.3 Å². The molecular weight excluding hydrogens is 210 g/mol. The van der Waals surface area contributed by atoms with Gasteiger partial charge in [-0.1, -0.05) is 18.2 Å². The summed E-state index contributed by atoms with van der Waals surface area (Å²) < 4.78 is 1.12. The van der Waals surface area contributed by atoms with E-state index < -0.39 is 0 Å². The Morgan fingerprint density at radius 2 is 2.13 bits per heavy atom. The van der Waals surface area contributed by atoms with E-state index >= 15 is 0 Å². The van der Waals surface area contributed by atoms with E-state index in [1.54, 1.807) is 18.4 Å². The first kappa shape index (κ1) is 10.1. The Labute approximate surface area is 91.8 Å². The van der Waals surface area contributed by atoms with Crippen LogP contribution in [0.5, 0.6) is 0 Å². The molecular formula is C11H11NO2S. The Bertz CT molecular complexity index is 492. The van der Waals surface area contributed by atoms with Gasteiger partial charge in [0.05, 0.1) is 12.7 Å². The zero-order valence-corrected chi connectivity index (χ0v) is 9.38. The van der Waals surface area contributed by atoms with Gasteiger partial charge in [0.25, 0.3) is 5.91 Å². The lowest BCUT2D eigenvalue weighted by atomic mass is 10.2. The van der Waals surface area contributed by atoms with Gasteiger partial charge in [-0.2, -0.15) is 0 Å². The predicted octanol–water partition coefficient (Wildman–Crippen LogP) is 2.53. The van der Waals surface area contributed by atoms with Crippen LogP contribution in [0.4, 0.5) is 0 Å². The fourth-order valence-corrected chi connectivity index (χ4v) is 2.33. The van der Waals surface area contributed by atoms with Crippen molar-refractivity contribution in [1.29, 1.82) is 0 Å². The third-order valence-electron chi connectivity index (χ3n) is 2.27. The molecule has 0 N–H and O–H groups in total. The first-order valence-corrected chi connectivity index (χ1v) is 5.40. The number of hydroxylamine groups is 2. The molecule has 0 radical (unpaired) electrons. The molecule has 2 rings (SSSR count). The third-order valence-corrected chi connectivity index (χ3v) is 3.23. The quantitative estimate of drug-likeness (QED) is 0.729. The second-order valence-electron chi connectivity index (χ2n) is 3.13. The van der Waals surface area contributed by atoms with E-state index in [2.05, 4.69) is 0 Å². The third kappa shape index (κ3) is 1.73. The van der Waals surface area contributed by atoms with E-state index in [9.17, 15) is 4.79 Å². The summed E-state index contributed by atoms with van der Waals surface area (Å²) >= 11 is 1.57. The van der Waals surface area contributed by atoms with Gasteiger partial charge >= 0.3 is 0 Å². The summed E-state index contributed by atoms with van der Waals surface area (Å²) in [6.07, 6.45) is 0. The maximum Gasteiger partial charge on any atom is 0.278 e. The Balaban J connectivity index is 2.48. The maximum atomic E-state index is 11.9. The molecule has 3 nitrogen and oxygen atoms in total. The maximum absolute atomic E-state index is 11.9. The number of carbonyl (C=O) groups is 1. The summed E-state index contributed by atoms with van der Waals surface area (Å²) in [5.74, 6) is -0.116. The molecule has 78 valence electrons. The molecule has 0 aliphatic carbocycles. The van der Waals surface area contributed by atoms with Crippen molar-refractivity contribution in [1.82, 2.24) is 5.06 Å². The highest BCUT2D eigenvalue weighted by molar-refractivity contribution is 7.17. The molecule has 1 aromatic heterocycles. The number of carbonyl (C=O) groups excluding carboxylic acids is 1. The summed E-state index contributed by atoms with van der Waals surface area (Å²) in [5.41, 5.74) is 0.694. The number of benzene rings is 1. The molecule has 0 atom stereocenters. The number of hydrogen-bond acceptors (Lipinski definition) is 3. The summed E-state index contributed by atoms with van der Waals surface area (Å²) in [4.78, 5) is 16.7. The van der Waals surface area contributed by atoms with Gasteiger partial charge in [-0.25, -0.2) is 5.06 Å². The van der Waals surface area contributed by atoms with Gasteiger partial charge < -0.3 is 0 Å². The minimum Gasteiger partial charge on any atom is -0.274 e. The van der Waals surface area contributed by atoms with Gasteiger partial charge in [-0.05, 0) is 6.07 Å². The molecule has 1 aromatic carbocycles. The second kappa shape index (κ2) is 4.00. The van der Waals surface area contributed by atoms with Crippen LogP contribution in [0.3, 0.4) is 0 Å². The van der Waals surface area contributed by atoms with Crippen LogP contribution in [0.25, 0.3) is 10.1 Å². The van der Waals surface area contributed by atoms with Gasteiger partial charge in [0.2, 0.25) is 0 Å². The molecule has 0 spiro atoms. The van der Waals surface area contributed by atoms with Gasteiger partial charge in [-0.15, -0.1) is 11.3 Å². The average Bonchev–Trinajstić information content (AvgIpc) is 2.70. The lowest BCUT2D eigenvalue weighted by Gasteiger charge is -2.12. The van der Waals surface area contributed by atoms with E-state index in [4.69, 9.17) is 4.84 Å². The monoisotopic (exact) mass is 221 g/mol. The molecule has 0 aliphatic rings. The van der Waals surface area contributed by atoms with Crippen LogP contribution in [-0.4, -0.2) is 25.1 Å². The molecule has 0 saturated carbocycles. The zero-order valence-electron chi connectivity index (χ0n) is 8.56. The molecule has 2 aromatic rings. The second-order valence-corrected chi connectivity index (χ2v) is 4.04. The van der Waals surface area contributed by atoms with Crippen molar-refractivity contribution in [2.24, 2.45) is 0 Å². The molecule has 0 bridgehead atoms. The Morgan fingerprint density at radius 3 is 2.87 bits per heavy atom. The predicted molar refractivity (Wildman–Crippen MR) is 60.9 cm³/mol. The molecule has 0 fully saturated rings. The van der Waals surface area contributed by atoms with Gasteiger partial charge in [0.15, 0.2) is 0 Å². The van der Waals surface area contributed by atoms with Crippen molar-refractivity contribution in [2.45, 2.75) is 0 Å². The number of hydrogen-bond donors (Lipinski definition) is 0. The number of nitrogens with zero attached hydrogens (tertiary/aromatic N) is 1. The van der Waals surface area contributed by atoms with Crippen LogP contribution >= 0.6 is 11.3 Å². The largest absolute Gasteiger partial charge is 0.278 e. The fourth-order valence-electron chi connectivity index (χ4n) is 1.40. The van der Waals surface area contributed by atoms with Crippen molar-refractivity contribution in [3.8, 4) is 0 Å². The van der Waals surface area contributed by atoms with Crippen molar-refractivity contribution in [3.05, 3.63) is 35.2 Å². The van der Waals surface area contributed by atoms with E-state index in [1.165, 1.54) is 12.2 Å². The van der Waals surface area contributed by atoms with E-state index in [0.29, 0.717) is 5.56 Å². The number of amides is 1. The van der Waals surface area contributed by atoms with Crippen LogP contribution in [0.15, 0.2) is 29.6 Å². The Morgan fingerprint density at radius 1 is 1.40 bits per heavy atom. The molecule has 0 unspecified atom stereocenters. The number of thiophene rings is 1. The SMILES string of the molecule is CON(C)C(=O)c1csc2ccccc12. The molecule has 1 amide bonds. The van der Waals surface area contributed by atoms with Crippen LogP contribution in [0.1, 0.15) is 10.4 Å². The standard InChI is InChI=1S/C11H11NO2S/c1-12(14-2)11(13)9-7-15-10-6-4-3-5-8(9)10/h3-7H,1-2H3. The lowest BCUT2D eigenvalue weighted by Crippen LogP contribution is -2.24. The minimum atomic E-state index is -0.116. The fraction of sp³-hybridized carbons (Fsp3) is 0.182. The van der Waals surface area contributed by atoms with E-state index in [1.807, 2.05) is 29.6 Å².